The zero-order chi connectivity index (χ0) is 24.4. The van der Waals surface area contributed by atoms with Crippen molar-refractivity contribution in [3.8, 4) is 0 Å². The molecule has 4 heterocycles. The fraction of sp³-hybridized carbons (Fsp3) is 0.333. The van der Waals surface area contributed by atoms with Gasteiger partial charge in [0, 0.05) is 28.8 Å². The number of thioether (sulfide) groups is 1. The Balaban J connectivity index is 1.53. The van der Waals surface area contributed by atoms with Crippen LogP contribution in [0.5, 0.6) is 0 Å². The average molecular weight is 504 g/mol. The molecule has 13 heteroatoms. The number of fused-ring (bicyclic) bond motifs is 1. The van der Waals surface area contributed by atoms with E-state index in [1.54, 1.807) is 19.2 Å². The topological polar surface area (TPSA) is 151 Å². The molecule has 178 valence electrons. The number of oxime groups is 1. The van der Waals surface area contributed by atoms with E-state index in [1.165, 1.54) is 16.7 Å². The Morgan fingerprint density at radius 3 is 2.74 bits per heavy atom. The summed E-state index contributed by atoms with van der Waals surface area (Å²) in [6.45, 7) is 3.86. The first-order valence-corrected chi connectivity index (χ1v) is 12.3. The highest BCUT2D eigenvalue weighted by Gasteiger charge is 2.54. The predicted molar refractivity (Wildman–Crippen MR) is 126 cm³/mol. The van der Waals surface area contributed by atoms with E-state index >= 15 is 0 Å². The number of carboxylic acid groups (broad SMARTS) is 1. The number of hydrogen-bond donors (Lipinski definition) is 3. The van der Waals surface area contributed by atoms with Gasteiger partial charge >= 0.3 is 5.97 Å². The molecule has 2 amide bonds. The number of hydrogen-bond acceptors (Lipinski definition) is 9. The number of amides is 2. The first-order chi connectivity index (χ1) is 16.3. The van der Waals surface area contributed by atoms with Gasteiger partial charge in [0.2, 0.25) is 0 Å². The Morgan fingerprint density at radius 1 is 1.38 bits per heavy atom. The van der Waals surface area contributed by atoms with Gasteiger partial charge in [-0.25, -0.2) is 14.3 Å². The van der Waals surface area contributed by atoms with Gasteiger partial charge in [0.25, 0.3) is 11.8 Å². The molecule has 1 fully saturated rings. The van der Waals surface area contributed by atoms with Crippen molar-refractivity contribution in [3.05, 3.63) is 52.9 Å². The van der Waals surface area contributed by atoms with Crippen molar-refractivity contribution in [2.75, 3.05) is 11.5 Å². The van der Waals surface area contributed by atoms with Crippen LogP contribution in [0.4, 0.5) is 5.13 Å². The summed E-state index contributed by atoms with van der Waals surface area (Å²) in [6.07, 6.45) is 3.38. The second-order valence-corrected chi connectivity index (χ2v) is 9.83. The lowest BCUT2D eigenvalue weighted by atomic mass is 10.0. The van der Waals surface area contributed by atoms with Gasteiger partial charge in [0.15, 0.2) is 29.8 Å². The van der Waals surface area contributed by atoms with Crippen LogP contribution < -0.4 is 15.6 Å². The van der Waals surface area contributed by atoms with E-state index in [4.69, 9.17) is 10.6 Å². The Hall–Kier alpha value is -3.45. The number of nitrogens with two attached hydrogens (primary N) is 1. The summed E-state index contributed by atoms with van der Waals surface area (Å²) in [7, 11) is 0. The molecule has 4 N–H and O–H groups in total. The van der Waals surface area contributed by atoms with Gasteiger partial charge in [0.1, 0.15) is 28.9 Å². The number of carbonyl (C=O) groups is 3. The molecule has 4 rings (SSSR count). The largest absolute Gasteiger partial charge is 0.477 e. The highest BCUT2D eigenvalue weighted by atomic mass is 32.2. The molecule has 0 unspecified atom stereocenters. The minimum atomic E-state index is -1.18. The van der Waals surface area contributed by atoms with E-state index in [-0.39, 0.29) is 28.3 Å². The number of nitrogen functional groups attached to an aromatic ring is 1. The van der Waals surface area contributed by atoms with Crippen LogP contribution in [0.15, 0.2) is 52.4 Å². The second-order valence-electron chi connectivity index (χ2n) is 7.83. The van der Waals surface area contributed by atoms with Crippen LogP contribution in [0.2, 0.25) is 0 Å². The van der Waals surface area contributed by atoms with Crippen LogP contribution in [0.3, 0.4) is 0 Å². The normalized spacial score (nSPS) is 20.1. The van der Waals surface area contributed by atoms with Gasteiger partial charge in [-0.2, -0.15) is 0 Å². The van der Waals surface area contributed by atoms with Crippen LogP contribution in [-0.4, -0.2) is 61.8 Å². The van der Waals surface area contributed by atoms with E-state index in [2.05, 4.69) is 15.5 Å². The molecule has 0 saturated carbocycles. The molecule has 0 aromatic carbocycles. The lowest BCUT2D eigenvalue weighted by molar-refractivity contribution is -0.689. The zero-order valence-electron chi connectivity index (χ0n) is 18.4. The van der Waals surface area contributed by atoms with E-state index in [1.807, 2.05) is 35.2 Å². The van der Waals surface area contributed by atoms with Crippen LogP contribution >= 0.6 is 23.1 Å². The standard InChI is InChI=1S/C21H22N6O5S2/c1-11(2)32-25-14(13-10-34-21(22)23-13)17(28)24-15-18(29)27-16(20(30)31)12(9-33-19(15)27)8-26-6-4-3-5-7-26/h3-7,10-11,15,19H,8-9H2,1-2H3,(H3-,22,23,24,28,30,31)/p+1/b25-14-/t15-,19-/m1/s1. The maximum atomic E-state index is 13.0. The number of nitrogens with zero attached hydrogens (tertiary/aromatic N) is 4. The van der Waals surface area contributed by atoms with Crippen LogP contribution in [0.1, 0.15) is 19.5 Å². The number of thiazole rings is 1. The maximum Gasteiger partial charge on any atom is 0.352 e. The molecule has 0 radical (unpaired) electrons. The molecule has 0 aliphatic carbocycles. The summed E-state index contributed by atoms with van der Waals surface area (Å²) in [6, 6.07) is 4.65. The first kappa shape index (κ1) is 23.7. The highest BCUT2D eigenvalue weighted by Crippen LogP contribution is 2.40. The van der Waals surface area contributed by atoms with Crippen molar-refractivity contribution in [1.29, 1.82) is 0 Å². The summed E-state index contributed by atoms with van der Waals surface area (Å²) in [5.74, 6) is -1.93. The van der Waals surface area contributed by atoms with Crippen LogP contribution in [-0.2, 0) is 25.8 Å². The van der Waals surface area contributed by atoms with Crippen LogP contribution in [0.25, 0.3) is 0 Å². The molecule has 2 atom stereocenters. The lowest BCUT2D eigenvalue weighted by Crippen LogP contribution is -2.71. The molecule has 2 aromatic heterocycles. The number of nitrogens with one attached hydrogen (secondary N) is 1. The number of aliphatic carboxylic acids is 1. The molecule has 2 aliphatic rings. The predicted octanol–water partition coefficient (Wildman–Crippen LogP) is 0.581. The van der Waals surface area contributed by atoms with Crippen LogP contribution in [0, 0.1) is 0 Å². The SMILES string of the molecule is CC(C)O/N=C(\C(=O)N[C@@H]1C(=O)N2C(C(=O)O)=C(C[n+]3ccccc3)CS[C@H]12)c1csc(N)n1. The Labute approximate surface area is 203 Å². The first-order valence-electron chi connectivity index (χ1n) is 10.4. The minimum absolute atomic E-state index is 0.0418. The van der Waals surface area contributed by atoms with Gasteiger partial charge in [-0.05, 0) is 13.8 Å². The van der Waals surface area contributed by atoms with Gasteiger partial charge < -0.3 is 21.0 Å². The van der Waals surface area contributed by atoms with Crippen molar-refractivity contribution in [1.82, 2.24) is 15.2 Å². The third kappa shape index (κ3) is 4.75. The van der Waals surface area contributed by atoms with Crippen molar-refractivity contribution in [2.24, 2.45) is 5.16 Å². The summed E-state index contributed by atoms with van der Waals surface area (Å²) in [5.41, 5.74) is 6.39. The number of aromatic nitrogens is 2. The number of anilines is 1. The molecule has 11 nitrogen and oxygen atoms in total. The molecule has 2 aliphatic heterocycles. The highest BCUT2D eigenvalue weighted by molar-refractivity contribution is 8.00. The second kappa shape index (κ2) is 9.81. The maximum absolute atomic E-state index is 13.0. The number of carbonyl (C=O) groups excluding carboxylic acids is 2. The van der Waals surface area contributed by atoms with Crippen molar-refractivity contribution < 1.29 is 28.9 Å². The van der Waals surface area contributed by atoms with Gasteiger partial charge in [-0.15, -0.1) is 23.1 Å². The number of rotatable bonds is 8. The Morgan fingerprint density at radius 2 is 2.12 bits per heavy atom. The van der Waals surface area contributed by atoms with Gasteiger partial charge in [-0.3, -0.25) is 14.5 Å². The average Bonchev–Trinajstić information content (AvgIpc) is 3.23. The molecule has 0 bridgehead atoms. The van der Waals surface area contributed by atoms with E-state index in [0.717, 1.165) is 11.3 Å². The monoisotopic (exact) mass is 503 g/mol. The van der Waals surface area contributed by atoms with E-state index < -0.39 is 29.2 Å². The van der Waals surface area contributed by atoms with Crippen molar-refractivity contribution in [3.63, 3.8) is 0 Å². The number of pyridine rings is 1. The van der Waals surface area contributed by atoms with Gasteiger partial charge in [-0.1, -0.05) is 11.2 Å². The summed E-state index contributed by atoms with van der Waals surface area (Å²) in [4.78, 5) is 48.6. The molecular formula is C21H23N6O5S2+. The fourth-order valence-corrected chi connectivity index (χ4v) is 5.42. The van der Waals surface area contributed by atoms with Gasteiger partial charge in [0.05, 0.1) is 0 Å². The third-order valence-corrected chi connectivity index (χ3v) is 7.04. The molecular weight excluding hydrogens is 480 g/mol. The number of β-lactam (4-membered cyclic amide) rings is 1. The lowest BCUT2D eigenvalue weighted by Gasteiger charge is -2.49. The smallest absolute Gasteiger partial charge is 0.352 e. The number of carboxylic acids is 1. The molecule has 2 aromatic rings. The third-order valence-electron chi connectivity index (χ3n) is 5.02. The Kier molecular flexibility index (Phi) is 6.84. The summed E-state index contributed by atoms with van der Waals surface area (Å²) < 4.78 is 1.85. The molecule has 0 spiro atoms. The van der Waals surface area contributed by atoms with Crippen molar-refractivity contribution >= 4 is 51.7 Å². The van der Waals surface area contributed by atoms with Crippen molar-refractivity contribution in [2.45, 2.75) is 37.9 Å². The summed E-state index contributed by atoms with van der Waals surface area (Å²) >= 11 is 2.54. The minimum Gasteiger partial charge on any atom is -0.477 e. The van der Waals surface area contributed by atoms with E-state index in [0.29, 0.717) is 17.9 Å². The fourth-order valence-electron chi connectivity index (χ4n) is 3.53. The zero-order valence-corrected chi connectivity index (χ0v) is 20.0. The summed E-state index contributed by atoms with van der Waals surface area (Å²) in [5, 5.41) is 17.7. The van der Waals surface area contributed by atoms with E-state index in [9.17, 15) is 19.5 Å². The quantitative estimate of drug-likeness (QED) is 0.205. The molecule has 34 heavy (non-hydrogen) atoms. The molecule has 1 saturated heterocycles. The Bertz CT molecular complexity index is 1180.